The maximum atomic E-state index is 11.1. The Labute approximate surface area is 131 Å². The fraction of sp³-hybridized carbons (Fsp3) is 0. The van der Waals surface area contributed by atoms with E-state index in [4.69, 9.17) is 15.1 Å². The number of ether oxygens (including phenoxy) is 1. The van der Waals surface area contributed by atoms with Crippen molar-refractivity contribution in [2.75, 3.05) is 0 Å². The van der Waals surface area contributed by atoms with Crippen LogP contribution >= 0.6 is 31.9 Å². The van der Waals surface area contributed by atoms with Crippen LogP contribution in [0.1, 0.15) is 15.9 Å². The Morgan fingerprint density at radius 2 is 1.95 bits per heavy atom. The van der Waals surface area contributed by atoms with Crippen molar-refractivity contribution < 1.29 is 14.6 Å². The van der Waals surface area contributed by atoms with Gasteiger partial charge >= 0.3 is 5.97 Å². The van der Waals surface area contributed by atoms with Crippen LogP contribution in [-0.4, -0.2) is 11.1 Å². The van der Waals surface area contributed by atoms with Crippen molar-refractivity contribution in [2.24, 2.45) is 0 Å². The molecule has 0 bridgehead atoms. The summed E-state index contributed by atoms with van der Waals surface area (Å²) in [5.41, 5.74) is 0.540. The third-order valence-electron chi connectivity index (χ3n) is 2.46. The van der Waals surface area contributed by atoms with Crippen molar-refractivity contribution in [1.82, 2.24) is 0 Å². The minimum Gasteiger partial charge on any atom is -0.478 e. The lowest BCUT2D eigenvalue weighted by Crippen LogP contribution is -2.00. The van der Waals surface area contributed by atoms with Gasteiger partial charge in [-0.2, -0.15) is 5.26 Å². The van der Waals surface area contributed by atoms with Crippen LogP contribution in [0.2, 0.25) is 0 Å². The molecule has 0 radical (unpaired) electrons. The first kappa shape index (κ1) is 14.6. The highest BCUT2D eigenvalue weighted by Gasteiger charge is 2.13. The third kappa shape index (κ3) is 3.18. The Hall–Kier alpha value is -1.84. The normalized spacial score (nSPS) is 9.85. The second-order valence-corrected chi connectivity index (χ2v) is 5.57. The van der Waals surface area contributed by atoms with E-state index in [1.165, 1.54) is 6.07 Å². The highest BCUT2D eigenvalue weighted by atomic mass is 79.9. The predicted octanol–water partition coefficient (Wildman–Crippen LogP) is 4.57. The highest BCUT2D eigenvalue weighted by molar-refractivity contribution is 9.10. The van der Waals surface area contributed by atoms with E-state index in [9.17, 15) is 4.79 Å². The first-order chi connectivity index (χ1) is 9.51. The lowest BCUT2D eigenvalue weighted by Gasteiger charge is -2.10. The summed E-state index contributed by atoms with van der Waals surface area (Å²) in [4.78, 5) is 11.1. The standard InChI is InChI=1S/C14H7Br2NO3/c15-9-2-4-11(14(18)19)13(5-9)20-10-3-1-8(7-17)12(16)6-10/h1-6H,(H,18,19). The Morgan fingerprint density at radius 3 is 2.55 bits per heavy atom. The van der Waals surface area contributed by atoms with E-state index in [1.54, 1.807) is 30.3 Å². The van der Waals surface area contributed by atoms with Crippen molar-refractivity contribution >= 4 is 37.8 Å². The second-order valence-electron chi connectivity index (χ2n) is 3.80. The minimum atomic E-state index is -1.07. The molecule has 1 N–H and O–H groups in total. The molecule has 2 aromatic carbocycles. The molecule has 0 fully saturated rings. The molecule has 4 nitrogen and oxygen atoms in total. The van der Waals surface area contributed by atoms with Crippen LogP contribution in [0.3, 0.4) is 0 Å². The van der Waals surface area contributed by atoms with Crippen LogP contribution in [-0.2, 0) is 0 Å². The number of nitriles is 1. The van der Waals surface area contributed by atoms with E-state index < -0.39 is 5.97 Å². The van der Waals surface area contributed by atoms with Gasteiger partial charge in [-0.25, -0.2) is 4.79 Å². The summed E-state index contributed by atoms with van der Waals surface area (Å²) in [6.07, 6.45) is 0. The number of nitrogens with zero attached hydrogens (tertiary/aromatic N) is 1. The van der Waals surface area contributed by atoms with Crippen molar-refractivity contribution in [3.8, 4) is 17.6 Å². The van der Waals surface area contributed by atoms with Crippen LogP contribution in [0, 0.1) is 11.3 Å². The van der Waals surface area contributed by atoms with Crippen LogP contribution in [0.15, 0.2) is 45.3 Å². The Morgan fingerprint density at radius 1 is 1.20 bits per heavy atom. The molecule has 0 saturated carbocycles. The molecular formula is C14H7Br2NO3. The average molecular weight is 397 g/mol. The van der Waals surface area contributed by atoms with E-state index in [-0.39, 0.29) is 11.3 Å². The highest BCUT2D eigenvalue weighted by Crippen LogP contribution is 2.31. The topological polar surface area (TPSA) is 70.3 Å². The molecule has 0 atom stereocenters. The smallest absolute Gasteiger partial charge is 0.339 e. The Balaban J connectivity index is 2.39. The number of carboxylic acid groups (broad SMARTS) is 1. The van der Waals surface area contributed by atoms with Crippen LogP contribution < -0.4 is 4.74 Å². The molecule has 0 unspecified atom stereocenters. The summed E-state index contributed by atoms with van der Waals surface area (Å²) in [5.74, 6) is -0.403. The molecule has 2 rings (SSSR count). The SMILES string of the molecule is N#Cc1ccc(Oc2cc(Br)ccc2C(=O)O)cc1Br. The molecule has 0 aromatic heterocycles. The number of hydrogen-bond acceptors (Lipinski definition) is 3. The summed E-state index contributed by atoms with van der Waals surface area (Å²) >= 11 is 6.53. The molecule has 0 heterocycles. The summed E-state index contributed by atoms with van der Waals surface area (Å²) in [6, 6.07) is 11.5. The van der Waals surface area contributed by atoms with E-state index in [2.05, 4.69) is 31.9 Å². The molecule has 0 spiro atoms. The lowest BCUT2D eigenvalue weighted by molar-refractivity contribution is 0.0694. The summed E-state index contributed by atoms with van der Waals surface area (Å²) in [6.45, 7) is 0. The van der Waals surface area contributed by atoms with E-state index in [0.717, 1.165) is 0 Å². The van der Waals surface area contributed by atoms with Gasteiger partial charge in [-0.3, -0.25) is 0 Å². The quantitative estimate of drug-likeness (QED) is 0.824. The number of carboxylic acids is 1. The van der Waals surface area contributed by atoms with Crippen molar-refractivity contribution in [3.05, 3.63) is 56.5 Å². The van der Waals surface area contributed by atoms with Gasteiger partial charge in [0.05, 0.1) is 5.56 Å². The van der Waals surface area contributed by atoms with Gasteiger partial charge < -0.3 is 9.84 Å². The van der Waals surface area contributed by atoms with Crippen molar-refractivity contribution in [1.29, 1.82) is 5.26 Å². The van der Waals surface area contributed by atoms with Crippen LogP contribution in [0.25, 0.3) is 0 Å². The lowest BCUT2D eigenvalue weighted by atomic mass is 10.2. The summed E-state index contributed by atoms with van der Waals surface area (Å²) in [5, 5.41) is 18.0. The zero-order chi connectivity index (χ0) is 14.7. The molecule has 100 valence electrons. The number of hydrogen-bond donors (Lipinski definition) is 1. The summed E-state index contributed by atoms with van der Waals surface area (Å²) in [7, 11) is 0. The fourth-order valence-corrected chi connectivity index (χ4v) is 2.32. The summed E-state index contributed by atoms with van der Waals surface area (Å²) < 4.78 is 6.88. The van der Waals surface area contributed by atoms with Crippen LogP contribution in [0.4, 0.5) is 0 Å². The fourth-order valence-electron chi connectivity index (χ4n) is 1.53. The molecule has 2 aromatic rings. The first-order valence-electron chi connectivity index (χ1n) is 5.41. The largest absolute Gasteiger partial charge is 0.478 e. The molecular weight excluding hydrogens is 390 g/mol. The van der Waals surface area contributed by atoms with E-state index in [0.29, 0.717) is 20.3 Å². The second kappa shape index (κ2) is 6.07. The number of carbonyl (C=O) groups is 1. The maximum absolute atomic E-state index is 11.1. The predicted molar refractivity (Wildman–Crippen MR) is 80.0 cm³/mol. The molecule has 0 aliphatic rings. The maximum Gasteiger partial charge on any atom is 0.339 e. The van der Waals surface area contributed by atoms with Gasteiger partial charge in [0, 0.05) is 8.95 Å². The van der Waals surface area contributed by atoms with Gasteiger partial charge in [0.1, 0.15) is 23.1 Å². The van der Waals surface area contributed by atoms with Gasteiger partial charge in [-0.15, -0.1) is 0 Å². The molecule has 6 heteroatoms. The van der Waals surface area contributed by atoms with Gasteiger partial charge in [-0.05, 0) is 52.3 Å². The van der Waals surface area contributed by atoms with Crippen molar-refractivity contribution in [3.63, 3.8) is 0 Å². The molecule has 20 heavy (non-hydrogen) atoms. The first-order valence-corrected chi connectivity index (χ1v) is 7.00. The van der Waals surface area contributed by atoms with Crippen LogP contribution in [0.5, 0.6) is 11.5 Å². The molecule has 0 aliphatic heterocycles. The average Bonchev–Trinajstić information content (AvgIpc) is 2.38. The Kier molecular flexibility index (Phi) is 4.42. The number of aromatic carboxylic acids is 1. The van der Waals surface area contributed by atoms with E-state index >= 15 is 0 Å². The zero-order valence-electron chi connectivity index (χ0n) is 9.93. The third-order valence-corrected chi connectivity index (χ3v) is 3.61. The van der Waals surface area contributed by atoms with Gasteiger partial charge in [0.25, 0.3) is 0 Å². The molecule has 0 aliphatic carbocycles. The van der Waals surface area contributed by atoms with Gasteiger partial charge in [0.2, 0.25) is 0 Å². The number of halogens is 2. The Bertz CT molecular complexity index is 723. The van der Waals surface area contributed by atoms with Crippen molar-refractivity contribution in [2.45, 2.75) is 0 Å². The molecule has 0 amide bonds. The monoisotopic (exact) mass is 395 g/mol. The van der Waals surface area contributed by atoms with Gasteiger partial charge in [0.15, 0.2) is 0 Å². The number of rotatable bonds is 3. The minimum absolute atomic E-state index is 0.0636. The zero-order valence-corrected chi connectivity index (χ0v) is 13.1. The van der Waals surface area contributed by atoms with E-state index in [1.807, 2.05) is 6.07 Å². The van der Waals surface area contributed by atoms with Gasteiger partial charge in [-0.1, -0.05) is 15.9 Å². The molecule has 0 saturated heterocycles. The number of benzene rings is 2.